The third-order valence-electron chi connectivity index (χ3n) is 19.8. The van der Waals surface area contributed by atoms with Crippen LogP contribution in [0.25, 0.3) is 0 Å². The predicted molar refractivity (Wildman–Crippen MR) is 411 cm³/mol. The average molecular weight is 1550 g/mol. The van der Waals surface area contributed by atoms with Crippen molar-refractivity contribution in [2.45, 2.75) is 126 Å². The highest BCUT2D eigenvalue weighted by Gasteiger charge is 2.34. The molecule has 0 aromatic heterocycles. The summed E-state index contributed by atoms with van der Waals surface area (Å²) in [7, 11) is -1.54. The lowest BCUT2D eigenvalue weighted by atomic mass is 9.93. The summed E-state index contributed by atoms with van der Waals surface area (Å²) in [5, 5.41) is 22.7. The van der Waals surface area contributed by atoms with E-state index < -0.39 is 29.0 Å². The minimum absolute atomic E-state index is 0. The molecule has 101 heavy (non-hydrogen) atoms. The van der Waals surface area contributed by atoms with Gasteiger partial charge in [-0.15, -0.1) is 0 Å². The first-order chi connectivity index (χ1) is 48.2. The van der Waals surface area contributed by atoms with E-state index in [2.05, 4.69) is 29.2 Å². The third kappa shape index (κ3) is 24.3. The summed E-state index contributed by atoms with van der Waals surface area (Å²) in [5.74, 6) is 2.40. The quantitative estimate of drug-likeness (QED) is 0.0612. The summed E-state index contributed by atoms with van der Waals surface area (Å²) in [4.78, 5) is 49.8. The smallest absolute Gasteiger partial charge is 0.341 e. The number of aryl methyl sites for hydroxylation is 1. The Hall–Kier alpha value is -5.49. The van der Waals surface area contributed by atoms with E-state index in [1.807, 2.05) is 85.8 Å². The molecule has 6 aliphatic rings. The number of piperidine rings is 6. The van der Waals surface area contributed by atoms with Gasteiger partial charge in [-0.3, -0.25) is 19.3 Å². The van der Waals surface area contributed by atoms with E-state index in [1.54, 1.807) is 53.4 Å². The molecule has 2 atom stereocenters. The number of hydrogen-bond acceptors (Lipinski definition) is 13. The number of carboxylic acid groups (broad SMARTS) is 2. The number of para-hydroxylation sites is 2. The zero-order valence-corrected chi connectivity index (χ0v) is 63.0. The fourth-order valence-corrected chi connectivity index (χ4v) is 16.1. The molecule has 5 N–H and O–H groups in total. The van der Waals surface area contributed by atoms with E-state index in [9.17, 15) is 23.7 Å². The number of rotatable bonds is 21. The summed E-state index contributed by atoms with van der Waals surface area (Å²) in [6.45, 7) is 14.7. The van der Waals surface area contributed by atoms with E-state index in [0.29, 0.717) is 88.9 Å². The number of nitrogens with one attached hydrogen (secondary N) is 1. The van der Waals surface area contributed by atoms with Crippen molar-refractivity contribution in [1.29, 1.82) is 0 Å². The van der Waals surface area contributed by atoms with Crippen molar-refractivity contribution in [3.8, 4) is 23.0 Å². The lowest BCUT2D eigenvalue weighted by Crippen LogP contribution is -2.52. The lowest BCUT2D eigenvalue weighted by molar-refractivity contribution is -0.144. The zero-order chi connectivity index (χ0) is 70.7. The van der Waals surface area contributed by atoms with Crippen LogP contribution >= 0.6 is 81.2 Å². The van der Waals surface area contributed by atoms with Crippen LogP contribution in [0.15, 0.2) is 132 Å². The van der Waals surface area contributed by atoms with Gasteiger partial charge < -0.3 is 54.2 Å². The lowest BCUT2D eigenvalue weighted by Gasteiger charge is -2.41. The maximum absolute atomic E-state index is 12.6. The van der Waals surface area contributed by atoms with Crippen LogP contribution in [0, 0.1) is 18.8 Å². The van der Waals surface area contributed by atoms with E-state index in [1.165, 1.54) is 0 Å². The van der Waals surface area contributed by atoms with Crippen molar-refractivity contribution in [2.24, 2.45) is 11.8 Å². The number of urea groups is 1. The first-order valence-electron chi connectivity index (χ1n) is 34.7. The number of nitrogens with zero attached hydrogens (tertiary/aromatic N) is 6. The van der Waals surface area contributed by atoms with Gasteiger partial charge in [0.15, 0.2) is 17.6 Å². The Labute approximate surface area is 635 Å². The number of hydrogen-bond donors (Lipinski definition) is 3. The number of ether oxygens (including phenoxy) is 4. The normalized spacial score (nSPS) is 18.9. The monoisotopic (exact) mass is 1550 g/mol. The molecular weight excluding hydrogens is 1460 g/mol. The van der Waals surface area contributed by atoms with Crippen molar-refractivity contribution >= 4 is 116 Å². The van der Waals surface area contributed by atoms with Crippen LogP contribution in [0.4, 0.5) is 10.5 Å². The molecule has 0 saturated carbocycles. The molecule has 12 rings (SSSR count). The third-order valence-corrected chi connectivity index (χ3v) is 23.2. The molecule has 6 aromatic rings. The number of amides is 2. The van der Waals surface area contributed by atoms with E-state index >= 15 is 0 Å². The Morgan fingerprint density at radius 2 is 1.06 bits per heavy atom. The molecule has 6 saturated heterocycles. The molecule has 6 aromatic carbocycles. The Bertz CT molecular complexity index is 3680. The highest BCUT2D eigenvalue weighted by atomic mass is 35.5. The van der Waals surface area contributed by atoms with Gasteiger partial charge in [0.25, 0.3) is 0 Å². The molecule has 2 amide bonds. The molecule has 0 spiro atoms. The molecule has 554 valence electrons. The average Bonchev–Trinajstić information content (AvgIpc) is 0.595. The van der Waals surface area contributed by atoms with Gasteiger partial charge in [-0.2, -0.15) is 0 Å². The molecule has 0 aliphatic carbocycles. The summed E-state index contributed by atoms with van der Waals surface area (Å²) in [6, 6.07) is 38.4. The second-order valence-corrected chi connectivity index (χ2v) is 30.8. The van der Waals surface area contributed by atoms with Gasteiger partial charge in [0.1, 0.15) is 47.4 Å². The molecule has 18 nitrogen and oxygen atoms in total. The topological polar surface area (TPSA) is 209 Å². The van der Waals surface area contributed by atoms with Gasteiger partial charge in [0.2, 0.25) is 0 Å². The van der Waals surface area contributed by atoms with E-state index in [-0.39, 0.29) is 40.7 Å². The zero-order valence-electron chi connectivity index (χ0n) is 56.9. The van der Waals surface area contributed by atoms with E-state index in [0.717, 1.165) is 184 Å². The van der Waals surface area contributed by atoms with Crippen LogP contribution < -0.4 is 28.6 Å². The number of likely N-dealkylation sites (tertiary alicyclic amines) is 5. The minimum atomic E-state index is -1.54. The fraction of sp³-hybridized carbons (Fsp3) is 0.480. The van der Waals surface area contributed by atoms with Crippen molar-refractivity contribution in [3.63, 3.8) is 0 Å². The Kier molecular flexibility index (Phi) is 31.2. The maximum Gasteiger partial charge on any atom is 0.341 e. The number of carbonyl (C=O) groups is 3. The molecular formula is C75H98Cl7N7O11S. The molecule has 1 unspecified atom stereocenters. The van der Waals surface area contributed by atoms with Gasteiger partial charge in [-0.1, -0.05) is 129 Å². The van der Waals surface area contributed by atoms with Crippen LogP contribution in [0.2, 0.25) is 35.2 Å². The second kappa shape index (κ2) is 39.6. The molecule has 6 heterocycles. The van der Waals surface area contributed by atoms with Crippen molar-refractivity contribution in [1.82, 2.24) is 29.2 Å². The number of benzene rings is 6. The number of halogens is 7. The van der Waals surface area contributed by atoms with Crippen LogP contribution in [0.5, 0.6) is 23.0 Å². The molecule has 0 radical (unpaired) electrons. The fourth-order valence-electron chi connectivity index (χ4n) is 14.1. The first-order valence-corrected chi connectivity index (χ1v) is 38.5. The van der Waals surface area contributed by atoms with Gasteiger partial charge in [-0.05, 0) is 187 Å². The van der Waals surface area contributed by atoms with Gasteiger partial charge in [0.05, 0.1) is 35.7 Å². The van der Waals surface area contributed by atoms with Crippen molar-refractivity contribution in [2.75, 3.05) is 103 Å². The SMILES string of the molecule is Cc1ccc(S(=O)NC(=O)N2CCC(N3CCC(Oc4ccc(Cl)cc4Cl)CC3)CC2)cc1.O.O=C(O)COc1ccccc1N1CCC(CN2CCC(Oc3ccc(Cl)c(Cl)c3)CC2)CC1.O=C(O)[C@H](Cc1ccccc1Cl)N1CCC(CN2CCC(Oc3ccc(Cl)c(Cl)c3)CC2)CC1.[HH].[HH].[HH]. The summed E-state index contributed by atoms with van der Waals surface area (Å²) >= 11 is 42.6. The molecule has 0 bridgehead atoms. The molecule has 6 aliphatic heterocycles. The van der Waals surface area contributed by atoms with Crippen LogP contribution in [0.3, 0.4) is 0 Å². The maximum atomic E-state index is 12.6. The number of carboxylic acids is 2. The molecule has 6 fully saturated rings. The molecule has 26 heteroatoms. The largest absolute Gasteiger partial charge is 0.490 e. The number of carbonyl (C=O) groups excluding carboxylic acids is 1. The van der Waals surface area contributed by atoms with Gasteiger partial charge in [0, 0.05) is 117 Å². The van der Waals surface area contributed by atoms with Crippen molar-refractivity contribution < 1.29 is 57.5 Å². The van der Waals surface area contributed by atoms with E-state index in [4.69, 9.17) is 105 Å². The second-order valence-electron chi connectivity index (χ2n) is 26.7. The van der Waals surface area contributed by atoms with Crippen LogP contribution in [-0.2, 0) is 27.0 Å². The first kappa shape index (κ1) is 79.6. The Balaban J connectivity index is 0.000000240. The number of anilines is 1. The minimum Gasteiger partial charge on any atom is -0.490 e. The highest BCUT2D eigenvalue weighted by molar-refractivity contribution is 7.83. The van der Waals surface area contributed by atoms with Crippen LogP contribution in [-0.4, -0.2) is 191 Å². The van der Waals surface area contributed by atoms with Gasteiger partial charge in [-0.25, -0.2) is 13.8 Å². The van der Waals surface area contributed by atoms with Crippen molar-refractivity contribution in [3.05, 3.63) is 174 Å². The van der Waals surface area contributed by atoms with Gasteiger partial charge >= 0.3 is 18.0 Å². The summed E-state index contributed by atoms with van der Waals surface area (Å²) in [6.07, 6.45) is 12.9. The van der Waals surface area contributed by atoms with Crippen LogP contribution in [0.1, 0.15) is 92.5 Å². The standard InChI is InChI=1S/C26H31Cl3N2O3.C25H30Cl2N2O4.C24H29Cl2N3O3S.H2O.3H2/c27-22-4-2-1-3-19(22)15-25(26(32)33)31-13-7-18(8-14-31)17-30-11-9-20(10-12-30)34-21-5-6-23(28)24(29)16-21;26-21-6-5-20(15-22(21)27)33-19-9-11-28(12-10-19)16-18-7-13-29(14-8-18)23-3-1-2-4-24(23)32-17-25(30)31;1-17-2-5-21(6-3-17)33(31)27-24(30)29-12-8-19(9-13-29)28-14-10-20(11-15-28)32-23-7-4-18(25)16-22(23)26;;;;/h1-6,16,18,20,25H,7-15,17H2,(H,32,33);1-6,15,18-19H,7-14,16-17H2,(H,30,31);2-7,16,19-20H,8-15H2,1H3,(H,27,30);1H2;3*1H/t25-;;;;;;/m0....../s1. The number of aliphatic carboxylic acids is 2. The summed E-state index contributed by atoms with van der Waals surface area (Å²) < 4.78 is 38.9. The predicted octanol–water partition coefficient (Wildman–Crippen LogP) is 16.1. The highest BCUT2D eigenvalue weighted by Crippen LogP contribution is 2.36. The Morgan fingerprint density at radius 3 is 1.59 bits per heavy atom. The summed E-state index contributed by atoms with van der Waals surface area (Å²) in [5.41, 5.74) is 2.97. The Morgan fingerprint density at radius 1 is 0.535 bits per heavy atom.